The zero-order valence-electron chi connectivity index (χ0n) is 16.3. The predicted octanol–water partition coefficient (Wildman–Crippen LogP) is 4.07. The maximum Gasteiger partial charge on any atom is 0.349 e. The lowest BCUT2D eigenvalue weighted by Crippen LogP contribution is -2.09. The van der Waals surface area contributed by atoms with Crippen molar-refractivity contribution in [1.82, 2.24) is 0 Å². The third-order valence-electron chi connectivity index (χ3n) is 4.57. The maximum atomic E-state index is 12.4. The van der Waals surface area contributed by atoms with Gasteiger partial charge in [-0.2, -0.15) is 5.26 Å². The van der Waals surface area contributed by atoms with E-state index < -0.39 is 11.6 Å². The Morgan fingerprint density at radius 2 is 1.83 bits per heavy atom. The molecule has 0 amide bonds. The van der Waals surface area contributed by atoms with Gasteiger partial charge in [0.05, 0.1) is 7.11 Å². The number of fused-ring (bicyclic) bond motifs is 1. The number of methoxy groups -OCH3 is 1. The van der Waals surface area contributed by atoms with Gasteiger partial charge in [0.1, 0.15) is 29.6 Å². The van der Waals surface area contributed by atoms with Crippen molar-refractivity contribution >= 4 is 23.0 Å². The summed E-state index contributed by atoms with van der Waals surface area (Å²) >= 11 is 0. The molecule has 29 heavy (non-hydrogen) atoms. The van der Waals surface area contributed by atoms with Gasteiger partial charge in [-0.15, -0.1) is 0 Å². The largest absolute Gasteiger partial charge is 0.497 e. The van der Waals surface area contributed by atoms with Gasteiger partial charge in [0, 0.05) is 17.0 Å². The van der Waals surface area contributed by atoms with Crippen molar-refractivity contribution in [2.75, 3.05) is 7.11 Å². The van der Waals surface area contributed by atoms with E-state index in [1.54, 1.807) is 37.4 Å². The molecule has 0 aliphatic rings. The molecular weight excluding hydrogens is 370 g/mol. The van der Waals surface area contributed by atoms with Crippen LogP contribution >= 0.6 is 0 Å². The normalized spacial score (nSPS) is 11.2. The van der Waals surface area contributed by atoms with Gasteiger partial charge in [0.15, 0.2) is 0 Å². The van der Waals surface area contributed by atoms with Gasteiger partial charge in [-0.3, -0.25) is 0 Å². The Kier molecular flexibility index (Phi) is 5.79. The van der Waals surface area contributed by atoms with Crippen LogP contribution in [-0.2, 0) is 16.1 Å². The number of nitrogens with zero attached hydrogens (tertiary/aromatic N) is 1. The molecule has 0 aliphatic heterocycles. The van der Waals surface area contributed by atoms with Crippen LogP contribution in [0, 0.1) is 25.2 Å². The maximum absolute atomic E-state index is 12.4. The molecule has 0 saturated heterocycles. The average Bonchev–Trinajstić information content (AvgIpc) is 2.71. The van der Waals surface area contributed by atoms with Gasteiger partial charge in [-0.25, -0.2) is 9.59 Å². The van der Waals surface area contributed by atoms with Gasteiger partial charge in [0.2, 0.25) is 0 Å². The molecule has 2 aromatic carbocycles. The van der Waals surface area contributed by atoms with Gasteiger partial charge < -0.3 is 13.9 Å². The van der Waals surface area contributed by atoms with E-state index >= 15 is 0 Å². The number of ether oxygens (including phenoxy) is 2. The van der Waals surface area contributed by atoms with Crippen molar-refractivity contribution in [3.8, 4) is 11.8 Å². The summed E-state index contributed by atoms with van der Waals surface area (Å²) in [5.74, 6) is -0.0999. The molecule has 0 fully saturated rings. The van der Waals surface area contributed by atoms with Gasteiger partial charge in [0.25, 0.3) is 0 Å². The van der Waals surface area contributed by atoms with E-state index in [9.17, 15) is 14.9 Å². The quantitative estimate of drug-likeness (QED) is 0.283. The summed E-state index contributed by atoms with van der Waals surface area (Å²) in [5, 5.41) is 10.0. The minimum Gasteiger partial charge on any atom is -0.497 e. The highest BCUT2D eigenvalue weighted by Gasteiger charge is 2.14. The molecule has 1 aromatic heterocycles. The van der Waals surface area contributed by atoms with E-state index in [1.807, 2.05) is 26.0 Å². The van der Waals surface area contributed by atoms with Crippen LogP contribution in [0.15, 0.2) is 57.2 Å². The second-order valence-corrected chi connectivity index (χ2v) is 6.54. The number of hydrogen-bond donors (Lipinski definition) is 0. The highest BCUT2D eigenvalue weighted by molar-refractivity contribution is 5.98. The van der Waals surface area contributed by atoms with E-state index in [2.05, 4.69) is 0 Å². The first kappa shape index (κ1) is 19.9. The standard InChI is InChI=1S/C23H19NO5/c1-14-8-20-18(11-22(25)29-21(20)9-15(14)2)13-28-23(26)17(12-24)10-16-4-6-19(27-3)7-5-16/h4-11H,13H2,1-3H3/b17-10+. The van der Waals surface area contributed by atoms with Gasteiger partial charge in [-0.1, -0.05) is 12.1 Å². The first-order valence-electron chi connectivity index (χ1n) is 8.88. The molecule has 6 nitrogen and oxygen atoms in total. The van der Waals surface area contributed by atoms with Gasteiger partial charge >= 0.3 is 11.6 Å². The molecule has 1 heterocycles. The zero-order valence-corrected chi connectivity index (χ0v) is 16.3. The summed E-state index contributed by atoms with van der Waals surface area (Å²) < 4.78 is 15.6. The summed E-state index contributed by atoms with van der Waals surface area (Å²) in [6.07, 6.45) is 1.44. The Bertz CT molecular complexity index is 1200. The van der Waals surface area contributed by atoms with Crippen molar-refractivity contribution in [3.63, 3.8) is 0 Å². The zero-order chi connectivity index (χ0) is 21.0. The molecule has 0 bridgehead atoms. The second kappa shape index (κ2) is 8.44. The second-order valence-electron chi connectivity index (χ2n) is 6.54. The van der Waals surface area contributed by atoms with Crippen LogP contribution in [0.2, 0.25) is 0 Å². The molecule has 6 heteroatoms. The molecule has 3 aromatic rings. The number of carbonyl (C=O) groups excluding carboxylic acids is 1. The summed E-state index contributed by atoms with van der Waals surface area (Å²) in [6, 6.07) is 13.7. The lowest BCUT2D eigenvalue weighted by Gasteiger charge is -2.09. The van der Waals surface area contributed by atoms with Crippen LogP contribution in [0.5, 0.6) is 5.75 Å². The van der Waals surface area contributed by atoms with Crippen LogP contribution in [0.1, 0.15) is 22.3 Å². The smallest absolute Gasteiger partial charge is 0.349 e. The Hall–Kier alpha value is -3.85. The lowest BCUT2D eigenvalue weighted by atomic mass is 10.0. The highest BCUT2D eigenvalue weighted by Crippen LogP contribution is 2.22. The highest BCUT2D eigenvalue weighted by atomic mass is 16.5. The Morgan fingerprint density at radius 1 is 1.14 bits per heavy atom. The molecule has 0 unspecified atom stereocenters. The summed E-state index contributed by atoms with van der Waals surface area (Å²) in [7, 11) is 1.56. The van der Waals surface area contributed by atoms with Crippen molar-refractivity contribution in [2.24, 2.45) is 0 Å². The average molecular weight is 389 g/mol. The number of esters is 1. The van der Waals surface area contributed by atoms with Crippen LogP contribution in [-0.4, -0.2) is 13.1 Å². The van der Waals surface area contributed by atoms with E-state index in [1.165, 1.54) is 12.1 Å². The fourth-order valence-corrected chi connectivity index (χ4v) is 2.83. The monoisotopic (exact) mass is 389 g/mol. The fourth-order valence-electron chi connectivity index (χ4n) is 2.83. The van der Waals surface area contributed by atoms with E-state index in [4.69, 9.17) is 13.9 Å². The minimum atomic E-state index is -0.770. The third-order valence-corrected chi connectivity index (χ3v) is 4.57. The van der Waals surface area contributed by atoms with Crippen molar-refractivity contribution in [2.45, 2.75) is 20.5 Å². The van der Waals surface area contributed by atoms with Crippen molar-refractivity contribution in [1.29, 1.82) is 5.26 Å². The fraction of sp³-hybridized carbons (Fsp3) is 0.174. The van der Waals surface area contributed by atoms with Gasteiger partial charge in [-0.05, 0) is 60.9 Å². The molecule has 0 aliphatic carbocycles. The number of nitriles is 1. The predicted molar refractivity (Wildman–Crippen MR) is 108 cm³/mol. The topological polar surface area (TPSA) is 89.5 Å². The number of hydrogen-bond acceptors (Lipinski definition) is 6. The lowest BCUT2D eigenvalue weighted by molar-refractivity contribution is -0.139. The number of carbonyl (C=O) groups is 1. The Balaban J connectivity index is 1.83. The third kappa shape index (κ3) is 4.53. The van der Waals surface area contributed by atoms with E-state index in [-0.39, 0.29) is 12.2 Å². The van der Waals surface area contributed by atoms with Crippen LogP contribution < -0.4 is 10.4 Å². The minimum absolute atomic E-state index is 0.144. The van der Waals surface area contributed by atoms with Crippen LogP contribution in [0.25, 0.3) is 17.0 Å². The number of rotatable bonds is 5. The molecule has 0 saturated carbocycles. The molecule has 3 rings (SSSR count). The molecule has 0 spiro atoms. The molecule has 0 atom stereocenters. The first-order chi connectivity index (χ1) is 13.9. The molecule has 0 radical (unpaired) electrons. The summed E-state index contributed by atoms with van der Waals surface area (Å²) in [4.78, 5) is 24.2. The molecule has 146 valence electrons. The summed E-state index contributed by atoms with van der Waals surface area (Å²) in [6.45, 7) is 3.72. The Morgan fingerprint density at radius 3 is 2.48 bits per heavy atom. The van der Waals surface area contributed by atoms with E-state index in [0.717, 1.165) is 11.1 Å². The Labute approximate surface area is 167 Å². The van der Waals surface area contributed by atoms with Crippen molar-refractivity contribution < 1.29 is 18.7 Å². The molecule has 0 N–H and O–H groups in total. The first-order valence-corrected chi connectivity index (χ1v) is 8.88. The van der Waals surface area contributed by atoms with Crippen LogP contribution in [0.4, 0.5) is 0 Å². The van der Waals surface area contributed by atoms with E-state index in [0.29, 0.717) is 27.8 Å². The number of benzene rings is 2. The van der Waals surface area contributed by atoms with Crippen LogP contribution in [0.3, 0.4) is 0 Å². The number of aryl methyl sites for hydroxylation is 2. The van der Waals surface area contributed by atoms with Crippen molar-refractivity contribution in [3.05, 3.63) is 80.7 Å². The summed E-state index contributed by atoms with van der Waals surface area (Å²) in [5.41, 5.74) is 2.96. The molecular formula is C23H19NO5. The SMILES string of the molecule is COc1ccc(/C=C(\C#N)C(=O)OCc2cc(=O)oc3cc(C)c(C)cc23)cc1.